The predicted octanol–water partition coefficient (Wildman–Crippen LogP) is 3.05. The molecule has 0 N–H and O–H groups in total. The van der Waals surface area contributed by atoms with E-state index in [9.17, 15) is 0 Å². The first-order chi connectivity index (χ1) is 7.78. The Morgan fingerprint density at radius 2 is 2.19 bits per heavy atom. The van der Waals surface area contributed by atoms with Gasteiger partial charge in [-0.05, 0) is 44.6 Å². The van der Waals surface area contributed by atoms with E-state index in [-0.39, 0.29) is 0 Å². The fourth-order valence-electron chi connectivity index (χ4n) is 3.01. The van der Waals surface area contributed by atoms with Gasteiger partial charge in [-0.3, -0.25) is 0 Å². The highest BCUT2D eigenvalue weighted by Gasteiger charge is 2.38. The summed E-state index contributed by atoms with van der Waals surface area (Å²) in [5.74, 6) is 0. The summed E-state index contributed by atoms with van der Waals surface area (Å²) in [4.78, 5) is 2.63. The zero-order valence-corrected chi connectivity index (χ0v) is 12.0. The van der Waals surface area contributed by atoms with Gasteiger partial charge in [-0.2, -0.15) is 0 Å². The Labute approximate surface area is 108 Å². The Hall–Kier alpha value is 0.400. The van der Waals surface area contributed by atoms with E-state index in [4.69, 9.17) is 4.74 Å². The molecule has 0 aromatic rings. The van der Waals surface area contributed by atoms with Gasteiger partial charge in [0.05, 0.1) is 6.10 Å². The van der Waals surface area contributed by atoms with Crippen LogP contribution in [0.15, 0.2) is 0 Å². The van der Waals surface area contributed by atoms with Crippen LogP contribution in [0.25, 0.3) is 0 Å². The van der Waals surface area contributed by atoms with Gasteiger partial charge >= 0.3 is 0 Å². The molecule has 0 spiro atoms. The molecule has 3 heteroatoms. The summed E-state index contributed by atoms with van der Waals surface area (Å²) in [7, 11) is 0. The van der Waals surface area contributed by atoms with Crippen LogP contribution in [0, 0.1) is 5.41 Å². The highest BCUT2D eigenvalue weighted by Crippen LogP contribution is 2.43. The van der Waals surface area contributed by atoms with Crippen LogP contribution in [0.5, 0.6) is 0 Å². The SMILES string of the molecule is CCOC1CCCN(CC2(CBr)CCC2)C1. The Kier molecular flexibility index (Phi) is 4.68. The summed E-state index contributed by atoms with van der Waals surface area (Å²) in [5.41, 5.74) is 0.591. The molecule has 94 valence electrons. The summed E-state index contributed by atoms with van der Waals surface area (Å²) in [6.07, 6.45) is 7.30. The average molecular weight is 290 g/mol. The third kappa shape index (κ3) is 2.99. The quantitative estimate of drug-likeness (QED) is 0.722. The van der Waals surface area contributed by atoms with Crippen molar-refractivity contribution in [3.63, 3.8) is 0 Å². The van der Waals surface area contributed by atoms with Crippen molar-refractivity contribution >= 4 is 15.9 Å². The lowest BCUT2D eigenvalue weighted by molar-refractivity contribution is -0.0143. The second-order valence-electron chi connectivity index (χ2n) is 5.44. The summed E-state index contributed by atoms with van der Waals surface area (Å²) in [6, 6.07) is 0. The molecule has 1 saturated heterocycles. The molecule has 16 heavy (non-hydrogen) atoms. The molecular formula is C13H24BrNO. The van der Waals surface area contributed by atoms with Crippen molar-refractivity contribution in [2.45, 2.75) is 45.1 Å². The van der Waals surface area contributed by atoms with E-state index in [1.54, 1.807) is 0 Å². The molecule has 2 fully saturated rings. The van der Waals surface area contributed by atoms with Crippen LogP contribution in [0.1, 0.15) is 39.0 Å². The second-order valence-corrected chi connectivity index (χ2v) is 6.00. The fourth-order valence-corrected chi connectivity index (χ4v) is 3.75. The molecule has 0 amide bonds. The van der Waals surface area contributed by atoms with Crippen molar-refractivity contribution in [1.29, 1.82) is 0 Å². The number of hydrogen-bond acceptors (Lipinski definition) is 2. The maximum Gasteiger partial charge on any atom is 0.0702 e. The number of likely N-dealkylation sites (tertiary alicyclic amines) is 1. The lowest BCUT2D eigenvalue weighted by Gasteiger charge is -2.46. The van der Waals surface area contributed by atoms with E-state index in [1.807, 2.05) is 0 Å². The van der Waals surface area contributed by atoms with Crippen LogP contribution in [-0.2, 0) is 4.74 Å². The maximum absolute atomic E-state index is 5.76. The lowest BCUT2D eigenvalue weighted by Crippen LogP contribution is -2.48. The monoisotopic (exact) mass is 289 g/mol. The van der Waals surface area contributed by atoms with Gasteiger partial charge in [-0.1, -0.05) is 22.4 Å². The topological polar surface area (TPSA) is 12.5 Å². The Bertz CT molecular complexity index is 210. The highest BCUT2D eigenvalue weighted by atomic mass is 79.9. The van der Waals surface area contributed by atoms with Gasteiger partial charge in [0, 0.05) is 25.0 Å². The molecule has 0 aromatic carbocycles. The first kappa shape index (κ1) is 12.8. The molecule has 0 bridgehead atoms. The average Bonchev–Trinajstić information content (AvgIpc) is 2.25. The van der Waals surface area contributed by atoms with Crippen molar-refractivity contribution in [1.82, 2.24) is 4.90 Å². The molecule has 1 atom stereocenters. The standard InChI is InChI=1S/C13H24BrNO/c1-2-16-12-5-3-8-15(9-12)11-13(10-14)6-4-7-13/h12H,2-11H2,1H3. The van der Waals surface area contributed by atoms with Crippen molar-refractivity contribution in [3.8, 4) is 0 Å². The fraction of sp³-hybridized carbons (Fsp3) is 1.00. The second kappa shape index (κ2) is 5.83. The minimum atomic E-state index is 0.492. The Balaban J connectivity index is 1.80. The molecule has 1 saturated carbocycles. The van der Waals surface area contributed by atoms with Gasteiger partial charge in [0.25, 0.3) is 0 Å². The smallest absolute Gasteiger partial charge is 0.0702 e. The van der Waals surface area contributed by atoms with Gasteiger partial charge in [-0.25, -0.2) is 0 Å². The summed E-state index contributed by atoms with van der Waals surface area (Å²) in [6.45, 7) is 6.68. The van der Waals surface area contributed by atoms with Gasteiger partial charge in [0.1, 0.15) is 0 Å². The Morgan fingerprint density at radius 1 is 1.38 bits per heavy atom. The van der Waals surface area contributed by atoms with Gasteiger partial charge in [0.15, 0.2) is 0 Å². The van der Waals surface area contributed by atoms with Crippen LogP contribution < -0.4 is 0 Å². The van der Waals surface area contributed by atoms with Gasteiger partial charge in [-0.15, -0.1) is 0 Å². The first-order valence-electron chi connectivity index (χ1n) is 6.68. The van der Waals surface area contributed by atoms with Crippen molar-refractivity contribution in [2.75, 3.05) is 31.6 Å². The van der Waals surface area contributed by atoms with Crippen LogP contribution in [0.3, 0.4) is 0 Å². The van der Waals surface area contributed by atoms with E-state index in [2.05, 4.69) is 27.8 Å². The lowest BCUT2D eigenvalue weighted by atomic mass is 9.70. The van der Waals surface area contributed by atoms with Gasteiger partial charge in [0.2, 0.25) is 0 Å². The van der Waals surface area contributed by atoms with E-state index in [0.29, 0.717) is 11.5 Å². The van der Waals surface area contributed by atoms with E-state index < -0.39 is 0 Å². The minimum absolute atomic E-state index is 0.492. The first-order valence-corrected chi connectivity index (χ1v) is 7.80. The van der Waals surface area contributed by atoms with E-state index >= 15 is 0 Å². The number of rotatable bonds is 5. The number of piperidine rings is 1. The molecule has 1 aliphatic carbocycles. The van der Waals surface area contributed by atoms with Crippen LogP contribution in [-0.4, -0.2) is 42.6 Å². The molecule has 1 aliphatic heterocycles. The summed E-state index contributed by atoms with van der Waals surface area (Å²) in [5, 5.41) is 1.18. The maximum atomic E-state index is 5.76. The number of alkyl halides is 1. The Morgan fingerprint density at radius 3 is 2.75 bits per heavy atom. The number of nitrogens with zero attached hydrogens (tertiary/aromatic N) is 1. The third-order valence-electron chi connectivity index (χ3n) is 4.12. The highest BCUT2D eigenvalue weighted by molar-refractivity contribution is 9.09. The molecule has 2 aliphatic rings. The normalized spacial score (nSPS) is 30.0. The molecule has 1 unspecified atom stereocenters. The molecule has 0 aromatic heterocycles. The van der Waals surface area contributed by atoms with Crippen molar-refractivity contribution in [3.05, 3.63) is 0 Å². The third-order valence-corrected chi connectivity index (χ3v) is 5.31. The molecule has 1 heterocycles. The zero-order chi connectivity index (χ0) is 11.4. The van der Waals surface area contributed by atoms with Crippen molar-refractivity contribution < 1.29 is 4.74 Å². The largest absolute Gasteiger partial charge is 0.377 e. The minimum Gasteiger partial charge on any atom is -0.377 e. The summed E-state index contributed by atoms with van der Waals surface area (Å²) < 4.78 is 5.76. The number of halogens is 1. The zero-order valence-electron chi connectivity index (χ0n) is 10.4. The number of hydrogen-bond donors (Lipinski definition) is 0. The van der Waals surface area contributed by atoms with Gasteiger partial charge < -0.3 is 9.64 Å². The molecule has 2 rings (SSSR count). The molecule has 0 radical (unpaired) electrons. The van der Waals surface area contributed by atoms with Crippen molar-refractivity contribution in [2.24, 2.45) is 5.41 Å². The summed E-state index contributed by atoms with van der Waals surface area (Å²) >= 11 is 3.70. The molecule has 2 nitrogen and oxygen atoms in total. The van der Waals surface area contributed by atoms with E-state index in [1.165, 1.54) is 50.5 Å². The molecular weight excluding hydrogens is 266 g/mol. The van der Waals surface area contributed by atoms with Crippen LogP contribution >= 0.6 is 15.9 Å². The predicted molar refractivity (Wildman–Crippen MR) is 71.2 cm³/mol. The number of ether oxygens (including phenoxy) is 1. The van der Waals surface area contributed by atoms with E-state index in [0.717, 1.165) is 13.2 Å². The van der Waals surface area contributed by atoms with Crippen LogP contribution in [0.4, 0.5) is 0 Å². The van der Waals surface area contributed by atoms with Crippen LogP contribution in [0.2, 0.25) is 0 Å².